The van der Waals surface area contributed by atoms with Crippen LogP contribution in [-0.2, 0) is 12.1 Å². The molecule has 4 nitrogen and oxygen atoms in total. The molecule has 1 heterocycles. The van der Waals surface area contributed by atoms with E-state index in [1.165, 1.54) is 0 Å². The Kier molecular flexibility index (Phi) is 4.74. The SMILES string of the molecule is CC[C@](O)(CNCc1ncc[nH]1)c1ccc(Br)cc1. The average Bonchev–Trinajstić information content (AvgIpc) is 2.92. The number of halogens is 1. The van der Waals surface area contributed by atoms with Crippen LogP contribution in [0.15, 0.2) is 41.1 Å². The summed E-state index contributed by atoms with van der Waals surface area (Å²) < 4.78 is 1.01. The van der Waals surface area contributed by atoms with Crippen LogP contribution in [0.25, 0.3) is 0 Å². The zero-order valence-corrected chi connectivity index (χ0v) is 12.4. The Bertz CT molecular complexity index is 498. The summed E-state index contributed by atoms with van der Waals surface area (Å²) in [5.74, 6) is 0.870. The highest BCUT2D eigenvalue weighted by molar-refractivity contribution is 9.10. The van der Waals surface area contributed by atoms with Gasteiger partial charge >= 0.3 is 0 Å². The summed E-state index contributed by atoms with van der Waals surface area (Å²) in [7, 11) is 0. The zero-order valence-electron chi connectivity index (χ0n) is 10.9. The zero-order chi connectivity index (χ0) is 13.7. The van der Waals surface area contributed by atoms with E-state index >= 15 is 0 Å². The van der Waals surface area contributed by atoms with Crippen molar-refractivity contribution in [3.63, 3.8) is 0 Å². The quantitative estimate of drug-likeness (QED) is 0.765. The first-order chi connectivity index (χ1) is 9.14. The fraction of sp³-hybridized carbons (Fsp3) is 0.357. The lowest BCUT2D eigenvalue weighted by atomic mass is 9.91. The van der Waals surface area contributed by atoms with Crippen LogP contribution in [0.1, 0.15) is 24.7 Å². The molecular weight excluding hydrogens is 306 g/mol. The van der Waals surface area contributed by atoms with Gasteiger partial charge in [0.05, 0.1) is 6.54 Å². The van der Waals surface area contributed by atoms with E-state index in [1.807, 2.05) is 31.2 Å². The number of nitrogens with one attached hydrogen (secondary N) is 2. The Morgan fingerprint density at radius 1 is 1.37 bits per heavy atom. The Hall–Kier alpha value is -1.17. The van der Waals surface area contributed by atoms with E-state index in [0.29, 0.717) is 19.5 Å². The molecule has 3 N–H and O–H groups in total. The number of H-pyrrole nitrogens is 1. The monoisotopic (exact) mass is 323 g/mol. The molecule has 0 aliphatic heterocycles. The van der Waals surface area contributed by atoms with Crippen LogP contribution >= 0.6 is 15.9 Å². The number of benzene rings is 1. The first kappa shape index (κ1) is 14.2. The molecule has 0 amide bonds. The molecule has 0 radical (unpaired) electrons. The van der Waals surface area contributed by atoms with E-state index in [2.05, 4.69) is 31.2 Å². The molecule has 0 saturated carbocycles. The van der Waals surface area contributed by atoms with Gasteiger partial charge in [0.2, 0.25) is 0 Å². The lowest BCUT2D eigenvalue weighted by Crippen LogP contribution is -2.37. The van der Waals surface area contributed by atoms with Gasteiger partial charge in [0.25, 0.3) is 0 Å². The maximum absolute atomic E-state index is 10.7. The van der Waals surface area contributed by atoms with Gasteiger partial charge in [-0.1, -0.05) is 35.0 Å². The average molecular weight is 324 g/mol. The molecule has 1 aromatic heterocycles. The third-order valence-corrected chi connectivity index (χ3v) is 3.76. The van der Waals surface area contributed by atoms with Crippen LogP contribution < -0.4 is 5.32 Å². The molecule has 1 atom stereocenters. The van der Waals surface area contributed by atoms with Gasteiger partial charge in [0.1, 0.15) is 11.4 Å². The van der Waals surface area contributed by atoms with E-state index in [-0.39, 0.29) is 0 Å². The molecule has 1 aromatic carbocycles. The van der Waals surface area contributed by atoms with Crippen molar-refractivity contribution in [3.05, 3.63) is 52.5 Å². The Morgan fingerprint density at radius 2 is 2.11 bits per heavy atom. The van der Waals surface area contributed by atoms with Crippen molar-refractivity contribution in [3.8, 4) is 0 Å². The second-order valence-corrected chi connectivity index (χ2v) is 5.45. The molecular formula is C14H18BrN3O. The van der Waals surface area contributed by atoms with Crippen molar-refractivity contribution >= 4 is 15.9 Å². The van der Waals surface area contributed by atoms with Gasteiger partial charge in [0.15, 0.2) is 0 Å². The molecule has 0 fully saturated rings. The minimum absolute atomic E-state index is 0.492. The van der Waals surface area contributed by atoms with Crippen molar-refractivity contribution in [2.24, 2.45) is 0 Å². The number of hydrogen-bond acceptors (Lipinski definition) is 3. The molecule has 0 unspecified atom stereocenters. The van der Waals surface area contributed by atoms with E-state index in [0.717, 1.165) is 15.9 Å². The van der Waals surface area contributed by atoms with Crippen LogP contribution in [0, 0.1) is 0 Å². The van der Waals surface area contributed by atoms with Gasteiger partial charge < -0.3 is 15.4 Å². The number of imidazole rings is 1. The normalized spacial score (nSPS) is 14.3. The van der Waals surface area contributed by atoms with Crippen LogP contribution in [0.2, 0.25) is 0 Å². The molecule has 0 aliphatic rings. The summed E-state index contributed by atoms with van der Waals surface area (Å²) in [6.45, 7) is 3.09. The third kappa shape index (κ3) is 3.65. The van der Waals surface area contributed by atoms with Crippen LogP contribution in [0.4, 0.5) is 0 Å². The van der Waals surface area contributed by atoms with Crippen LogP contribution in [-0.4, -0.2) is 21.6 Å². The van der Waals surface area contributed by atoms with Gasteiger partial charge in [-0.05, 0) is 24.1 Å². The van der Waals surface area contributed by atoms with Gasteiger partial charge in [0, 0.05) is 23.4 Å². The molecule has 2 aromatic rings. The fourth-order valence-corrected chi connectivity index (χ4v) is 2.24. The lowest BCUT2D eigenvalue weighted by molar-refractivity contribution is 0.0322. The summed E-state index contributed by atoms with van der Waals surface area (Å²) in [6.07, 6.45) is 4.16. The van der Waals surface area contributed by atoms with Crippen molar-refractivity contribution in [1.29, 1.82) is 0 Å². The Morgan fingerprint density at radius 3 is 2.68 bits per heavy atom. The molecule has 0 saturated heterocycles. The number of aromatic amines is 1. The first-order valence-corrected chi connectivity index (χ1v) is 7.11. The Labute approximate surface area is 121 Å². The molecule has 2 rings (SSSR count). The number of hydrogen-bond donors (Lipinski definition) is 3. The highest BCUT2D eigenvalue weighted by Crippen LogP contribution is 2.25. The van der Waals surface area contributed by atoms with Gasteiger partial charge in [-0.15, -0.1) is 0 Å². The maximum atomic E-state index is 10.7. The number of nitrogens with zero attached hydrogens (tertiary/aromatic N) is 1. The lowest BCUT2D eigenvalue weighted by Gasteiger charge is -2.27. The van der Waals surface area contributed by atoms with Crippen LogP contribution in [0.5, 0.6) is 0 Å². The highest BCUT2D eigenvalue weighted by atomic mass is 79.9. The molecule has 0 aliphatic carbocycles. The van der Waals surface area contributed by atoms with Gasteiger partial charge in [-0.25, -0.2) is 4.98 Å². The molecule has 5 heteroatoms. The maximum Gasteiger partial charge on any atom is 0.120 e. The summed E-state index contributed by atoms with van der Waals surface area (Å²) >= 11 is 3.40. The van der Waals surface area contributed by atoms with Gasteiger partial charge in [-0.2, -0.15) is 0 Å². The third-order valence-electron chi connectivity index (χ3n) is 3.23. The van der Waals surface area contributed by atoms with Crippen LogP contribution in [0.3, 0.4) is 0 Å². The highest BCUT2D eigenvalue weighted by Gasteiger charge is 2.26. The summed E-state index contributed by atoms with van der Waals surface area (Å²) in [5.41, 5.74) is 0.0676. The number of aliphatic hydroxyl groups is 1. The fourth-order valence-electron chi connectivity index (χ4n) is 1.97. The van der Waals surface area contributed by atoms with Crippen molar-refractivity contribution in [2.75, 3.05) is 6.54 Å². The number of aromatic nitrogens is 2. The van der Waals surface area contributed by atoms with Gasteiger partial charge in [-0.3, -0.25) is 0 Å². The van der Waals surface area contributed by atoms with E-state index < -0.39 is 5.60 Å². The smallest absolute Gasteiger partial charge is 0.120 e. The predicted octanol–water partition coefficient (Wildman–Crippen LogP) is 2.56. The molecule has 0 bridgehead atoms. The molecule has 19 heavy (non-hydrogen) atoms. The standard InChI is InChI=1S/C14H18BrN3O/c1-2-14(19,11-3-5-12(15)6-4-11)10-16-9-13-17-7-8-18-13/h3-8,16,19H,2,9-10H2,1H3,(H,17,18)/t14-/m0/s1. The van der Waals surface area contributed by atoms with Crippen molar-refractivity contribution in [1.82, 2.24) is 15.3 Å². The molecule has 102 valence electrons. The molecule has 0 spiro atoms. The topological polar surface area (TPSA) is 60.9 Å². The minimum Gasteiger partial charge on any atom is -0.384 e. The van der Waals surface area contributed by atoms with E-state index in [9.17, 15) is 5.11 Å². The first-order valence-electron chi connectivity index (χ1n) is 6.31. The summed E-state index contributed by atoms with van der Waals surface area (Å²) in [5, 5.41) is 13.9. The van der Waals surface area contributed by atoms with E-state index in [1.54, 1.807) is 12.4 Å². The second-order valence-electron chi connectivity index (χ2n) is 4.53. The minimum atomic E-state index is -0.854. The second kappa shape index (κ2) is 6.32. The Balaban J connectivity index is 1.99. The number of rotatable bonds is 6. The van der Waals surface area contributed by atoms with E-state index in [4.69, 9.17) is 0 Å². The predicted molar refractivity (Wildman–Crippen MR) is 78.6 cm³/mol. The largest absolute Gasteiger partial charge is 0.384 e. The van der Waals surface area contributed by atoms with Crippen molar-refractivity contribution < 1.29 is 5.11 Å². The van der Waals surface area contributed by atoms with Crippen molar-refractivity contribution in [2.45, 2.75) is 25.5 Å². The summed E-state index contributed by atoms with van der Waals surface area (Å²) in [4.78, 5) is 7.17. The summed E-state index contributed by atoms with van der Waals surface area (Å²) in [6, 6.07) is 7.79.